The normalized spacial score (nSPS) is 13.1. The van der Waals surface area contributed by atoms with Crippen molar-refractivity contribution in [1.82, 2.24) is 10.2 Å². The SMILES string of the molecule is Cc1ccc(C[C@H](NC(=O)N(CC(C)C)CC(O)C(=O)O)C(=O)O)cc1. The number of carboxylic acid groups (broad SMARTS) is 2. The molecule has 0 saturated carbocycles. The zero-order valence-electron chi connectivity index (χ0n) is 15.2. The van der Waals surface area contributed by atoms with Crippen LogP contribution in [0.25, 0.3) is 0 Å². The third kappa shape index (κ3) is 7.10. The molecule has 26 heavy (non-hydrogen) atoms. The van der Waals surface area contributed by atoms with Gasteiger partial charge in [-0.1, -0.05) is 43.7 Å². The third-order valence-corrected chi connectivity index (χ3v) is 3.71. The largest absolute Gasteiger partial charge is 0.480 e. The summed E-state index contributed by atoms with van der Waals surface area (Å²) in [5.74, 6) is -2.62. The van der Waals surface area contributed by atoms with Crippen molar-refractivity contribution < 1.29 is 29.7 Å². The molecule has 1 unspecified atom stereocenters. The molecule has 0 aliphatic carbocycles. The fourth-order valence-electron chi connectivity index (χ4n) is 2.37. The highest BCUT2D eigenvalue weighted by atomic mass is 16.4. The van der Waals surface area contributed by atoms with Crippen molar-refractivity contribution in [1.29, 1.82) is 0 Å². The smallest absolute Gasteiger partial charge is 0.334 e. The summed E-state index contributed by atoms with van der Waals surface area (Å²) in [7, 11) is 0. The molecule has 0 aliphatic heterocycles. The zero-order valence-corrected chi connectivity index (χ0v) is 15.2. The van der Waals surface area contributed by atoms with Crippen molar-refractivity contribution in [2.75, 3.05) is 13.1 Å². The van der Waals surface area contributed by atoms with E-state index in [9.17, 15) is 24.6 Å². The van der Waals surface area contributed by atoms with Crippen LogP contribution in [0, 0.1) is 12.8 Å². The average molecular weight is 366 g/mol. The second-order valence-electron chi connectivity index (χ2n) is 6.68. The summed E-state index contributed by atoms with van der Waals surface area (Å²) in [6, 6.07) is 5.39. The highest BCUT2D eigenvalue weighted by molar-refractivity contribution is 5.83. The number of amides is 2. The second-order valence-corrected chi connectivity index (χ2v) is 6.68. The maximum Gasteiger partial charge on any atom is 0.334 e. The van der Waals surface area contributed by atoms with Crippen LogP contribution in [0.5, 0.6) is 0 Å². The molecule has 8 nitrogen and oxygen atoms in total. The fraction of sp³-hybridized carbons (Fsp3) is 0.500. The maximum absolute atomic E-state index is 12.4. The number of carbonyl (C=O) groups is 3. The van der Waals surface area contributed by atoms with E-state index in [4.69, 9.17) is 5.11 Å². The van der Waals surface area contributed by atoms with E-state index >= 15 is 0 Å². The Morgan fingerprint density at radius 2 is 1.62 bits per heavy atom. The van der Waals surface area contributed by atoms with Crippen molar-refractivity contribution in [3.8, 4) is 0 Å². The van der Waals surface area contributed by atoms with Gasteiger partial charge >= 0.3 is 18.0 Å². The number of carbonyl (C=O) groups excluding carboxylic acids is 1. The van der Waals surface area contributed by atoms with Crippen LogP contribution in [0.1, 0.15) is 25.0 Å². The number of nitrogens with one attached hydrogen (secondary N) is 1. The molecule has 0 saturated heterocycles. The van der Waals surface area contributed by atoms with Gasteiger partial charge in [-0.3, -0.25) is 0 Å². The highest BCUT2D eigenvalue weighted by Crippen LogP contribution is 2.08. The first kappa shape index (κ1) is 21.4. The lowest BCUT2D eigenvalue weighted by atomic mass is 10.0. The van der Waals surface area contributed by atoms with Crippen LogP contribution in [0.4, 0.5) is 4.79 Å². The highest BCUT2D eigenvalue weighted by Gasteiger charge is 2.27. The van der Waals surface area contributed by atoms with E-state index in [1.807, 2.05) is 32.9 Å². The van der Waals surface area contributed by atoms with Gasteiger partial charge in [0.1, 0.15) is 6.04 Å². The van der Waals surface area contributed by atoms with Gasteiger partial charge < -0.3 is 25.5 Å². The van der Waals surface area contributed by atoms with Gasteiger partial charge in [-0.15, -0.1) is 0 Å². The Morgan fingerprint density at radius 3 is 2.08 bits per heavy atom. The number of hydrogen-bond acceptors (Lipinski definition) is 4. The van der Waals surface area contributed by atoms with E-state index in [1.165, 1.54) is 0 Å². The van der Waals surface area contributed by atoms with Gasteiger partial charge in [0.05, 0.1) is 6.54 Å². The number of benzene rings is 1. The number of nitrogens with zero attached hydrogens (tertiary/aromatic N) is 1. The third-order valence-electron chi connectivity index (χ3n) is 3.71. The average Bonchev–Trinajstić information content (AvgIpc) is 2.54. The van der Waals surface area contributed by atoms with Crippen molar-refractivity contribution in [2.24, 2.45) is 5.92 Å². The van der Waals surface area contributed by atoms with E-state index < -0.39 is 36.7 Å². The molecule has 0 heterocycles. The number of aryl methyl sites for hydroxylation is 1. The number of aliphatic hydroxyl groups excluding tert-OH is 1. The molecule has 0 aromatic heterocycles. The van der Waals surface area contributed by atoms with Gasteiger partial charge in [-0.05, 0) is 18.4 Å². The summed E-state index contributed by atoms with van der Waals surface area (Å²) in [5, 5.41) is 30.2. The van der Waals surface area contributed by atoms with Crippen molar-refractivity contribution in [3.63, 3.8) is 0 Å². The van der Waals surface area contributed by atoms with Crippen LogP contribution >= 0.6 is 0 Å². The van der Waals surface area contributed by atoms with Gasteiger partial charge in [-0.25, -0.2) is 14.4 Å². The molecule has 0 bridgehead atoms. The maximum atomic E-state index is 12.4. The molecule has 1 rings (SSSR count). The van der Waals surface area contributed by atoms with Crippen LogP contribution < -0.4 is 5.32 Å². The van der Waals surface area contributed by atoms with E-state index in [1.54, 1.807) is 12.1 Å². The molecule has 144 valence electrons. The van der Waals surface area contributed by atoms with Gasteiger partial charge in [0.15, 0.2) is 6.10 Å². The molecule has 0 radical (unpaired) electrons. The first-order valence-electron chi connectivity index (χ1n) is 8.34. The van der Waals surface area contributed by atoms with Crippen LogP contribution in [0.3, 0.4) is 0 Å². The van der Waals surface area contributed by atoms with E-state index in [0.29, 0.717) is 0 Å². The molecule has 2 atom stereocenters. The Labute approximate surface area is 152 Å². The number of hydrogen-bond donors (Lipinski definition) is 4. The van der Waals surface area contributed by atoms with Crippen molar-refractivity contribution in [2.45, 2.75) is 39.3 Å². The summed E-state index contributed by atoms with van der Waals surface area (Å²) in [6.07, 6.45) is -1.64. The number of carboxylic acids is 2. The molecule has 4 N–H and O–H groups in total. The molecular weight excluding hydrogens is 340 g/mol. The number of aliphatic carboxylic acids is 2. The fourth-order valence-corrected chi connectivity index (χ4v) is 2.37. The first-order valence-corrected chi connectivity index (χ1v) is 8.34. The predicted molar refractivity (Wildman–Crippen MR) is 94.9 cm³/mol. The Kier molecular flexibility index (Phi) is 8.05. The van der Waals surface area contributed by atoms with Gasteiger partial charge in [0, 0.05) is 13.0 Å². The van der Waals surface area contributed by atoms with Crippen LogP contribution in [-0.2, 0) is 16.0 Å². The van der Waals surface area contributed by atoms with Gasteiger partial charge in [0.25, 0.3) is 0 Å². The minimum atomic E-state index is -1.74. The summed E-state index contributed by atoms with van der Waals surface area (Å²) in [5.41, 5.74) is 1.79. The number of rotatable bonds is 9. The predicted octanol–water partition coefficient (Wildman–Crippen LogP) is 1.10. The Balaban J connectivity index is 2.85. The summed E-state index contributed by atoms with van der Waals surface area (Å²) < 4.78 is 0. The zero-order chi connectivity index (χ0) is 19.9. The minimum Gasteiger partial charge on any atom is -0.480 e. The molecule has 1 aromatic carbocycles. The summed E-state index contributed by atoms with van der Waals surface area (Å²) >= 11 is 0. The number of aliphatic hydroxyl groups is 1. The monoisotopic (exact) mass is 366 g/mol. The lowest BCUT2D eigenvalue weighted by Crippen LogP contribution is -2.52. The second kappa shape index (κ2) is 9.76. The molecule has 8 heteroatoms. The lowest BCUT2D eigenvalue weighted by Gasteiger charge is -2.27. The molecular formula is C18H26N2O6. The van der Waals surface area contributed by atoms with Crippen LogP contribution in [0.2, 0.25) is 0 Å². The van der Waals surface area contributed by atoms with Crippen LogP contribution in [-0.4, -0.2) is 63.4 Å². The molecule has 1 aromatic rings. The standard InChI is InChI=1S/C18H26N2O6/c1-11(2)9-20(10-15(21)17(24)25)18(26)19-14(16(22)23)8-13-6-4-12(3)5-7-13/h4-7,11,14-15,21H,8-10H2,1-3H3,(H,19,26)(H,22,23)(H,24,25)/t14-,15?/m0/s1. The minimum absolute atomic E-state index is 0.0159. The van der Waals surface area contributed by atoms with Crippen molar-refractivity contribution >= 4 is 18.0 Å². The lowest BCUT2D eigenvalue weighted by molar-refractivity contribution is -0.147. The summed E-state index contributed by atoms with van der Waals surface area (Å²) in [4.78, 5) is 35.9. The van der Waals surface area contributed by atoms with Crippen LogP contribution in [0.15, 0.2) is 24.3 Å². The Bertz CT molecular complexity index is 629. The molecule has 0 spiro atoms. The first-order chi connectivity index (χ1) is 12.1. The van der Waals surface area contributed by atoms with E-state index in [0.717, 1.165) is 16.0 Å². The summed E-state index contributed by atoms with van der Waals surface area (Å²) in [6.45, 7) is 5.34. The topological polar surface area (TPSA) is 127 Å². The number of urea groups is 1. The van der Waals surface area contributed by atoms with E-state index in [-0.39, 0.29) is 18.9 Å². The van der Waals surface area contributed by atoms with Gasteiger partial charge in [-0.2, -0.15) is 0 Å². The molecule has 0 fully saturated rings. The van der Waals surface area contributed by atoms with Gasteiger partial charge in [0.2, 0.25) is 0 Å². The quantitative estimate of drug-likeness (QED) is 0.518. The molecule has 0 aliphatic rings. The molecule has 2 amide bonds. The Hall–Kier alpha value is -2.61. The van der Waals surface area contributed by atoms with E-state index in [2.05, 4.69) is 5.32 Å². The van der Waals surface area contributed by atoms with Crippen molar-refractivity contribution in [3.05, 3.63) is 35.4 Å². The Morgan fingerprint density at radius 1 is 1.04 bits per heavy atom.